The zero-order chi connectivity index (χ0) is 22.2. The summed E-state index contributed by atoms with van der Waals surface area (Å²) in [7, 11) is 1.59. The normalized spacial score (nSPS) is 13.7. The lowest BCUT2D eigenvalue weighted by Gasteiger charge is -2.31. The van der Waals surface area contributed by atoms with E-state index < -0.39 is 5.41 Å². The number of H-pyrrole nitrogens is 1. The number of hydrogen-bond donors (Lipinski definition) is 2. The SMILES string of the molecule is COc1cnccc1-c1[nH]c2c(c1Nc1ccccc1)C(=O)CN(C(=O)C(C)(C)C)C2. The molecule has 0 atom stereocenters. The molecule has 31 heavy (non-hydrogen) atoms. The molecule has 4 rings (SSSR count). The van der Waals surface area contributed by atoms with E-state index in [-0.39, 0.29) is 18.2 Å². The Balaban J connectivity index is 1.85. The number of nitrogens with one attached hydrogen (secondary N) is 2. The van der Waals surface area contributed by atoms with E-state index in [0.29, 0.717) is 29.2 Å². The summed E-state index contributed by atoms with van der Waals surface area (Å²) in [4.78, 5) is 35.2. The maximum absolute atomic E-state index is 13.2. The molecule has 7 nitrogen and oxygen atoms in total. The number of aromatic nitrogens is 2. The van der Waals surface area contributed by atoms with Crippen molar-refractivity contribution < 1.29 is 14.3 Å². The monoisotopic (exact) mass is 418 g/mol. The number of para-hydroxylation sites is 1. The number of aromatic amines is 1. The van der Waals surface area contributed by atoms with Gasteiger partial charge in [-0.2, -0.15) is 0 Å². The number of methoxy groups -OCH3 is 1. The highest BCUT2D eigenvalue weighted by molar-refractivity contribution is 6.09. The van der Waals surface area contributed by atoms with Gasteiger partial charge in [-0.05, 0) is 18.2 Å². The summed E-state index contributed by atoms with van der Waals surface area (Å²) < 4.78 is 5.51. The molecular formula is C24H26N4O3. The van der Waals surface area contributed by atoms with Gasteiger partial charge in [0.1, 0.15) is 5.75 Å². The minimum absolute atomic E-state index is 0.0529. The van der Waals surface area contributed by atoms with E-state index in [9.17, 15) is 9.59 Å². The number of carbonyl (C=O) groups is 2. The smallest absolute Gasteiger partial charge is 0.228 e. The Morgan fingerprint density at radius 1 is 1.16 bits per heavy atom. The first-order valence-corrected chi connectivity index (χ1v) is 10.2. The van der Waals surface area contributed by atoms with Crippen LogP contribution in [0.3, 0.4) is 0 Å². The third kappa shape index (κ3) is 3.91. The molecule has 3 heterocycles. The number of ether oxygens (including phenoxy) is 1. The molecule has 1 aliphatic rings. The summed E-state index contributed by atoms with van der Waals surface area (Å²) >= 11 is 0. The number of rotatable bonds is 4. The van der Waals surface area contributed by atoms with Gasteiger partial charge >= 0.3 is 0 Å². The molecule has 2 N–H and O–H groups in total. The number of fused-ring (bicyclic) bond motifs is 1. The quantitative estimate of drug-likeness (QED) is 0.656. The summed E-state index contributed by atoms with van der Waals surface area (Å²) in [6, 6.07) is 11.5. The Labute approximate surface area is 181 Å². The first-order valence-electron chi connectivity index (χ1n) is 10.2. The van der Waals surface area contributed by atoms with Crippen LogP contribution in [-0.4, -0.2) is 40.2 Å². The first-order chi connectivity index (χ1) is 14.8. The summed E-state index contributed by atoms with van der Waals surface area (Å²) in [6.45, 7) is 5.98. The second-order valence-corrected chi connectivity index (χ2v) is 8.63. The van der Waals surface area contributed by atoms with Gasteiger partial charge in [0.15, 0.2) is 5.78 Å². The number of pyridine rings is 1. The lowest BCUT2D eigenvalue weighted by molar-refractivity contribution is -0.139. The van der Waals surface area contributed by atoms with Crippen LogP contribution in [0.1, 0.15) is 36.8 Å². The summed E-state index contributed by atoms with van der Waals surface area (Å²) in [5.74, 6) is 0.432. The van der Waals surface area contributed by atoms with E-state index in [1.165, 1.54) is 0 Å². The zero-order valence-corrected chi connectivity index (χ0v) is 18.2. The second kappa shape index (κ2) is 7.91. The number of Topliss-reactive ketones (excluding diaryl/α,β-unsaturated/α-hetero) is 1. The fraction of sp³-hybridized carbons (Fsp3) is 0.292. The first kappa shape index (κ1) is 20.7. The van der Waals surface area contributed by atoms with Crippen molar-refractivity contribution in [1.29, 1.82) is 0 Å². The van der Waals surface area contributed by atoms with Crippen molar-refractivity contribution in [3.05, 3.63) is 60.0 Å². The molecule has 1 amide bonds. The van der Waals surface area contributed by atoms with Gasteiger partial charge in [-0.25, -0.2) is 0 Å². The van der Waals surface area contributed by atoms with Crippen LogP contribution in [0.4, 0.5) is 11.4 Å². The van der Waals surface area contributed by atoms with E-state index in [1.807, 2.05) is 57.2 Å². The van der Waals surface area contributed by atoms with Gasteiger partial charge in [0.05, 0.1) is 43.3 Å². The third-order valence-corrected chi connectivity index (χ3v) is 5.29. The van der Waals surface area contributed by atoms with Crippen LogP contribution in [0.15, 0.2) is 48.8 Å². The number of anilines is 2. The third-order valence-electron chi connectivity index (χ3n) is 5.29. The molecule has 160 valence electrons. The van der Waals surface area contributed by atoms with Crippen molar-refractivity contribution in [3.8, 4) is 17.0 Å². The molecule has 0 bridgehead atoms. The van der Waals surface area contributed by atoms with Crippen molar-refractivity contribution in [1.82, 2.24) is 14.9 Å². The van der Waals surface area contributed by atoms with Crippen LogP contribution < -0.4 is 10.1 Å². The van der Waals surface area contributed by atoms with Crippen molar-refractivity contribution in [3.63, 3.8) is 0 Å². The maximum atomic E-state index is 13.2. The number of hydrogen-bond acceptors (Lipinski definition) is 5. The average Bonchev–Trinajstić information content (AvgIpc) is 3.11. The molecular weight excluding hydrogens is 392 g/mol. The summed E-state index contributed by atoms with van der Waals surface area (Å²) in [5.41, 5.74) is 3.78. The highest BCUT2D eigenvalue weighted by Crippen LogP contribution is 2.41. The number of ketones is 1. The molecule has 0 unspecified atom stereocenters. The Kier molecular flexibility index (Phi) is 5.27. The van der Waals surface area contributed by atoms with Crippen LogP contribution >= 0.6 is 0 Å². The van der Waals surface area contributed by atoms with Crippen LogP contribution in [0.5, 0.6) is 5.75 Å². The molecule has 1 aliphatic heterocycles. The Bertz CT molecular complexity index is 1130. The van der Waals surface area contributed by atoms with Crippen LogP contribution in [0.25, 0.3) is 11.3 Å². The van der Waals surface area contributed by atoms with E-state index in [4.69, 9.17) is 4.74 Å². The van der Waals surface area contributed by atoms with Crippen LogP contribution in [0.2, 0.25) is 0 Å². The van der Waals surface area contributed by atoms with E-state index in [1.54, 1.807) is 24.4 Å². The van der Waals surface area contributed by atoms with E-state index in [0.717, 1.165) is 16.9 Å². The van der Waals surface area contributed by atoms with Crippen molar-refractivity contribution in [2.24, 2.45) is 5.41 Å². The van der Waals surface area contributed by atoms with Crippen molar-refractivity contribution >= 4 is 23.1 Å². The Hall–Kier alpha value is -3.61. The van der Waals surface area contributed by atoms with Crippen LogP contribution in [-0.2, 0) is 11.3 Å². The predicted octanol–water partition coefficient (Wildman–Crippen LogP) is 4.40. The van der Waals surface area contributed by atoms with Crippen molar-refractivity contribution in [2.45, 2.75) is 27.3 Å². The maximum Gasteiger partial charge on any atom is 0.228 e. The number of benzene rings is 1. The number of amides is 1. The predicted molar refractivity (Wildman–Crippen MR) is 120 cm³/mol. The van der Waals surface area contributed by atoms with Gasteiger partial charge in [0.25, 0.3) is 0 Å². The Morgan fingerprint density at radius 2 is 1.90 bits per heavy atom. The lowest BCUT2D eigenvalue weighted by Crippen LogP contribution is -2.44. The minimum Gasteiger partial charge on any atom is -0.494 e. The molecule has 0 saturated heterocycles. The molecule has 1 aromatic carbocycles. The molecule has 3 aromatic rings. The van der Waals surface area contributed by atoms with Gasteiger partial charge in [0, 0.05) is 28.6 Å². The van der Waals surface area contributed by atoms with E-state index >= 15 is 0 Å². The zero-order valence-electron chi connectivity index (χ0n) is 18.2. The number of carbonyl (C=O) groups excluding carboxylic acids is 2. The highest BCUT2D eigenvalue weighted by atomic mass is 16.5. The van der Waals surface area contributed by atoms with Crippen LogP contribution in [0, 0.1) is 5.41 Å². The molecule has 0 radical (unpaired) electrons. The van der Waals surface area contributed by atoms with Gasteiger partial charge in [-0.15, -0.1) is 0 Å². The number of nitrogens with zero attached hydrogens (tertiary/aromatic N) is 2. The Morgan fingerprint density at radius 3 is 2.58 bits per heavy atom. The molecule has 0 saturated carbocycles. The van der Waals surface area contributed by atoms with Gasteiger partial charge in [-0.1, -0.05) is 39.0 Å². The van der Waals surface area contributed by atoms with Crippen molar-refractivity contribution in [2.75, 3.05) is 19.0 Å². The van der Waals surface area contributed by atoms with Gasteiger partial charge < -0.3 is 19.9 Å². The van der Waals surface area contributed by atoms with Gasteiger partial charge in [0.2, 0.25) is 5.91 Å². The summed E-state index contributed by atoms with van der Waals surface area (Å²) in [6.07, 6.45) is 3.32. The minimum atomic E-state index is -0.563. The molecule has 0 fully saturated rings. The summed E-state index contributed by atoms with van der Waals surface area (Å²) in [5, 5.41) is 3.40. The standard InChI is InChI=1S/C24H26N4O3/c1-24(2,3)23(30)28-13-17-20(18(29)14-28)22(26-15-8-6-5-7-9-15)21(27-17)16-10-11-25-12-19(16)31-4/h5-12,26-27H,13-14H2,1-4H3. The molecule has 0 spiro atoms. The molecule has 7 heteroatoms. The fourth-order valence-corrected chi connectivity index (χ4v) is 3.84. The second-order valence-electron chi connectivity index (χ2n) is 8.63. The molecule has 2 aromatic heterocycles. The topological polar surface area (TPSA) is 87.3 Å². The largest absolute Gasteiger partial charge is 0.494 e. The lowest BCUT2D eigenvalue weighted by atomic mass is 9.93. The van der Waals surface area contributed by atoms with E-state index in [2.05, 4.69) is 15.3 Å². The fourth-order valence-electron chi connectivity index (χ4n) is 3.84. The molecule has 0 aliphatic carbocycles. The highest BCUT2D eigenvalue weighted by Gasteiger charge is 2.36. The average molecular weight is 418 g/mol. The van der Waals surface area contributed by atoms with Gasteiger partial charge in [-0.3, -0.25) is 14.6 Å².